The van der Waals surface area contributed by atoms with Gasteiger partial charge in [-0.1, -0.05) is 0 Å². The molecule has 4 heterocycles. The van der Waals surface area contributed by atoms with Crippen molar-refractivity contribution in [2.24, 2.45) is 0 Å². The van der Waals surface area contributed by atoms with Crippen LogP contribution in [0.25, 0.3) is 0 Å². The van der Waals surface area contributed by atoms with Crippen LogP contribution in [0.1, 0.15) is 24.7 Å². The zero-order valence-electron chi connectivity index (χ0n) is 9.06. The fourth-order valence-electron chi connectivity index (χ4n) is 2.57. The Kier molecular flexibility index (Phi) is 2.91. The van der Waals surface area contributed by atoms with Crippen LogP contribution in [0, 0.1) is 0 Å². The molecule has 1 N–H and O–H groups in total. The van der Waals surface area contributed by atoms with Crippen molar-refractivity contribution in [1.82, 2.24) is 20.2 Å². The highest BCUT2D eigenvalue weighted by molar-refractivity contribution is 9.10. The van der Waals surface area contributed by atoms with E-state index in [2.05, 4.69) is 36.1 Å². The first kappa shape index (κ1) is 10.6. The number of aromatic nitrogens is 2. The van der Waals surface area contributed by atoms with Gasteiger partial charge in [0.1, 0.15) is 5.82 Å². The van der Waals surface area contributed by atoms with Gasteiger partial charge in [0.05, 0.1) is 10.5 Å². The summed E-state index contributed by atoms with van der Waals surface area (Å²) in [5.41, 5.74) is 0. The molecule has 4 nitrogen and oxygen atoms in total. The highest BCUT2D eigenvalue weighted by atomic mass is 79.9. The topological polar surface area (TPSA) is 41.1 Å². The average molecular weight is 283 g/mol. The molecule has 16 heavy (non-hydrogen) atoms. The van der Waals surface area contributed by atoms with Crippen LogP contribution in [-0.2, 0) is 0 Å². The van der Waals surface area contributed by atoms with E-state index in [4.69, 9.17) is 0 Å². The Bertz CT molecular complexity index is 359. The second-order valence-electron chi connectivity index (χ2n) is 4.49. The molecular weight excluding hydrogens is 268 g/mol. The van der Waals surface area contributed by atoms with Crippen LogP contribution in [0.3, 0.4) is 0 Å². The van der Waals surface area contributed by atoms with Crippen molar-refractivity contribution in [2.45, 2.75) is 24.9 Å². The minimum Gasteiger partial charge on any atom is -0.312 e. The number of halogens is 1. The molecule has 0 spiro atoms. The van der Waals surface area contributed by atoms with Crippen LogP contribution in [0.4, 0.5) is 0 Å². The molecule has 3 fully saturated rings. The number of nitrogens with zero attached hydrogens (tertiary/aromatic N) is 3. The number of hydrogen-bond donors (Lipinski definition) is 1. The monoisotopic (exact) mass is 282 g/mol. The van der Waals surface area contributed by atoms with Gasteiger partial charge in [-0.25, -0.2) is 9.97 Å². The Morgan fingerprint density at radius 1 is 1.25 bits per heavy atom. The first-order valence-corrected chi connectivity index (χ1v) is 6.57. The van der Waals surface area contributed by atoms with Crippen molar-refractivity contribution in [1.29, 1.82) is 0 Å². The molecule has 1 aromatic rings. The second-order valence-corrected chi connectivity index (χ2v) is 5.41. The van der Waals surface area contributed by atoms with Gasteiger partial charge in [-0.3, -0.25) is 4.90 Å². The molecule has 5 heteroatoms. The van der Waals surface area contributed by atoms with Gasteiger partial charge in [0.25, 0.3) is 0 Å². The zero-order valence-corrected chi connectivity index (χ0v) is 10.7. The molecule has 4 rings (SSSR count). The average Bonchev–Trinajstić information content (AvgIpc) is 2.64. The van der Waals surface area contributed by atoms with Crippen LogP contribution < -0.4 is 5.32 Å². The Labute approximate surface area is 104 Å². The van der Waals surface area contributed by atoms with Gasteiger partial charge in [-0.2, -0.15) is 0 Å². The Balaban J connectivity index is 1.85. The normalized spacial score (nSPS) is 33.7. The summed E-state index contributed by atoms with van der Waals surface area (Å²) in [6, 6.07) is 1.05. The summed E-state index contributed by atoms with van der Waals surface area (Å²) in [6.45, 7) is 3.32. The van der Waals surface area contributed by atoms with E-state index < -0.39 is 0 Å². The van der Waals surface area contributed by atoms with Gasteiger partial charge in [-0.05, 0) is 28.8 Å². The first-order valence-electron chi connectivity index (χ1n) is 5.78. The molecule has 0 saturated carbocycles. The van der Waals surface area contributed by atoms with E-state index >= 15 is 0 Å². The van der Waals surface area contributed by atoms with Crippen molar-refractivity contribution in [2.75, 3.05) is 19.6 Å². The van der Waals surface area contributed by atoms with Crippen molar-refractivity contribution in [3.63, 3.8) is 0 Å². The largest absolute Gasteiger partial charge is 0.312 e. The summed E-state index contributed by atoms with van der Waals surface area (Å²) in [7, 11) is 0. The molecule has 3 aliphatic rings. The molecular formula is C11H15BrN4. The Morgan fingerprint density at radius 3 is 2.62 bits per heavy atom. The van der Waals surface area contributed by atoms with Gasteiger partial charge in [-0.15, -0.1) is 0 Å². The van der Waals surface area contributed by atoms with E-state index in [-0.39, 0.29) is 0 Å². The van der Waals surface area contributed by atoms with Gasteiger partial charge >= 0.3 is 0 Å². The number of rotatable bonds is 1. The van der Waals surface area contributed by atoms with Gasteiger partial charge in [0, 0.05) is 38.1 Å². The third-order valence-corrected chi connectivity index (χ3v) is 3.92. The molecule has 1 aromatic heterocycles. The maximum absolute atomic E-state index is 4.42. The number of nitrogens with one attached hydrogen (secondary N) is 1. The SMILES string of the molecule is Brc1cnc(C2CNC3CCN2CC3)nc1. The molecule has 1 unspecified atom stereocenters. The van der Waals surface area contributed by atoms with E-state index in [0.717, 1.165) is 16.8 Å². The summed E-state index contributed by atoms with van der Waals surface area (Å²) in [5.74, 6) is 0.943. The molecule has 3 aliphatic heterocycles. The van der Waals surface area contributed by atoms with Crippen molar-refractivity contribution in [3.05, 3.63) is 22.7 Å². The highest BCUT2D eigenvalue weighted by Gasteiger charge is 2.31. The lowest BCUT2D eigenvalue weighted by molar-refractivity contribution is 0.182. The summed E-state index contributed by atoms with van der Waals surface area (Å²) in [5, 5.41) is 3.60. The highest BCUT2D eigenvalue weighted by Crippen LogP contribution is 2.26. The zero-order chi connectivity index (χ0) is 11.0. The van der Waals surface area contributed by atoms with E-state index in [1.54, 1.807) is 0 Å². The minimum atomic E-state index is 0.348. The minimum absolute atomic E-state index is 0.348. The summed E-state index contributed by atoms with van der Waals surface area (Å²) in [4.78, 5) is 11.3. The third kappa shape index (κ3) is 1.99. The fraction of sp³-hybridized carbons (Fsp3) is 0.636. The van der Waals surface area contributed by atoms with E-state index in [9.17, 15) is 0 Å². The van der Waals surface area contributed by atoms with Crippen LogP contribution in [0.5, 0.6) is 0 Å². The standard InChI is InChI=1S/C11H15BrN4/c12-8-5-14-11(15-6-8)10-7-13-9-1-3-16(10)4-2-9/h5-6,9-10,13H,1-4,7H2. The molecule has 3 saturated heterocycles. The maximum atomic E-state index is 4.42. The van der Waals surface area contributed by atoms with Gasteiger partial charge in [0.15, 0.2) is 0 Å². The molecule has 2 bridgehead atoms. The quantitative estimate of drug-likeness (QED) is 0.844. The van der Waals surface area contributed by atoms with Crippen LogP contribution in [0.2, 0.25) is 0 Å². The second kappa shape index (κ2) is 4.39. The molecule has 0 aromatic carbocycles. The van der Waals surface area contributed by atoms with Gasteiger partial charge in [0.2, 0.25) is 0 Å². The molecule has 0 aliphatic carbocycles. The van der Waals surface area contributed by atoms with E-state index in [1.165, 1.54) is 25.9 Å². The lowest BCUT2D eigenvalue weighted by Gasteiger charge is -2.30. The Morgan fingerprint density at radius 2 is 1.94 bits per heavy atom. The smallest absolute Gasteiger partial charge is 0.146 e. The predicted molar refractivity (Wildman–Crippen MR) is 65.1 cm³/mol. The molecule has 86 valence electrons. The number of hydrogen-bond acceptors (Lipinski definition) is 4. The van der Waals surface area contributed by atoms with Crippen LogP contribution in [-0.4, -0.2) is 40.5 Å². The summed E-state index contributed by atoms with van der Waals surface area (Å²) < 4.78 is 0.942. The van der Waals surface area contributed by atoms with Crippen molar-refractivity contribution >= 4 is 15.9 Å². The summed E-state index contributed by atoms with van der Waals surface area (Å²) in [6.07, 6.45) is 6.18. The lowest BCUT2D eigenvalue weighted by atomic mass is 10.1. The lowest BCUT2D eigenvalue weighted by Crippen LogP contribution is -2.36. The summed E-state index contributed by atoms with van der Waals surface area (Å²) >= 11 is 3.37. The van der Waals surface area contributed by atoms with E-state index in [0.29, 0.717) is 12.1 Å². The number of fused-ring (bicyclic) bond motifs is 4. The first-order chi connectivity index (χ1) is 7.83. The molecule has 0 amide bonds. The number of piperidine rings is 1. The molecule has 0 radical (unpaired) electrons. The maximum Gasteiger partial charge on any atom is 0.146 e. The third-order valence-electron chi connectivity index (χ3n) is 3.51. The fourth-order valence-corrected chi connectivity index (χ4v) is 2.78. The Hall–Kier alpha value is -0.520. The van der Waals surface area contributed by atoms with E-state index in [1.807, 2.05) is 12.4 Å². The van der Waals surface area contributed by atoms with Crippen LogP contribution >= 0.6 is 15.9 Å². The van der Waals surface area contributed by atoms with Gasteiger partial charge < -0.3 is 5.32 Å². The predicted octanol–water partition coefficient (Wildman–Crippen LogP) is 1.35. The van der Waals surface area contributed by atoms with Crippen LogP contribution in [0.15, 0.2) is 16.9 Å². The van der Waals surface area contributed by atoms with Crippen molar-refractivity contribution in [3.8, 4) is 0 Å². The van der Waals surface area contributed by atoms with Crippen molar-refractivity contribution < 1.29 is 0 Å². The molecule has 1 atom stereocenters.